The van der Waals surface area contributed by atoms with Gasteiger partial charge in [-0.15, -0.1) is 0 Å². The Kier molecular flexibility index (Phi) is 3.93. The molecule has 3 nitrogen and oxygen atoms in total. The minimum absolute atomic E-state index is 0.605. The zero-order valence-electron chi connectivity index (χ0n) is 11.9. The van der Waals surface area contributed by atoms with Crippen LogP contribution in [0.25, 0.3) is 0 Å². The first kappa shape index (κ1) is 14.5. The van der Waals surface area contributed by atoms with Crippen molar-refractivity contribution in [3.8, 4) is 0 Å². The molecule has 0 saturated carbocycles. The van der Waals surface area contributed by atoms with E-state index in [4.69, 9.17) is 0 Å². The average molecular weight is 272 g/mol. The fourth-order valence-corrected chi connectivity index (χ4v) is 17.9. The molecular weight excluding hydrogens is 246 g/mol. The number of rotatable bonds is 3. The van der Waals surface area contributed by atoms with E-state index in [9.17, 15) is 9.90 Å². The predicted molar refractivity (Wildman–Crippen MR) is 77.0 cm³/mol. The van der Waals surface area contributed by atoms with Gasteiger partial charge < -0.3 is 9.34 Å². The molecule has 5 heteroatoms. The molecule has 0 unspecified atom stereocenters. The van der Waals surface area contributed by atoms with Gasteiger partial charge in [0.2, 0.25) is 0 Å². The standard InChI is InChI=1S/C12H25NO2Si2/c1-7-11(12(14)15)10(2)13-16(3,4)8-9-17(13,5)6/h7-9H2,1-6H3,(H,14,15)/b11-10-. The van der Waals surface area contributed by atoms with Crippen molar-refractivity contribution in [2.45, 2.75) is 58.5 Å². The van der Waals surface area contributed by atoms with Gasteiger partial charge >= 0.3 is 5.97 Å². The van der Waals surface area contributed by atoms with Crippen LogP contribution >= 0.6 is 0 Å². The summed E-state index contributed by atoms with van der Waals surface area (Å²) in [7, 11) is -2.84. The number of hydrogen-bond donors (Lipinski definition) is 1. The fraction of sp³-hybridized carbons (Fsp3) is 0.750. The summed E-state index contributed by atoms with van der Waals surface area (Å²) in [5.74, 6) is -0.744. The number of hydrogen-bond acceptors (Lipinski definition) is 2. The van der Waals surface area contributed by atoms with E-state index in [-0.39, 0.29) is 0 Å². The maximum absolute atomic E-state index is 11.3. The zero-order valence-corrected chi connectivity index (χ0v) is 13.9. The Balaban J connectivity index is 3.25. The molecule has 1 aliphatic rings. The maximum Gasteiger partial charge on any atom is 0.333 e. The highest BCUT2D eigenvalue weighted by Gasteiger charge is 2.47. The van der Waals surface area contributed by atoms with Gasteiger partial charge in [0, 0.05) is 5.70 Å². The molecule has 98 valence electrons. The molecule has 0 atom stereocenters. The molecule has 0 aliphatic carbocycles. The number of carboxylic acids is 1. The average Bonchev–Trinajstić information content (AvgIpc) is 2.35. The van der Waals surface area contributed by atoms with Gasteiger partial charge in [-0.25, -0.2) is 4.79 Å². The third-order valence-corrected chi connectivity index (χ3v) is 14.1. The van der Waals surface area contributed by atoms with Gasteiger partial charge in [0.1, 0.15) is 16.5 Å². The van der Waals surface area contributed by atoms with Crippen molar-refractivity contribution in [3.63, 3.8) is 0 Å². The van der Waals surface area contributed by atoms with E-state index >= 15 is 0 Å². The van der Waals surface area contributed by atoms with Crippen molar-refractivity contribution in [3.05, 3.63) is 11.3 Å². The molecule has 0 aromatic carbocycles. The number of allylic oxidation sites excluding steroid dienone is 1. The van der Waals surface area contributed by atoms with Crippen LogP contribution in [0.5, 0.6) is 0 Å². The molecule has 1 rings (SSSR count). The highest BCUT2D eigenvalue weighted by atomic mass is 28.4. The van der Waals surface area contributed by atoms with Crippen molar-refractivity contribution < 1.29 is 9.90 Å². The zero-order chi connectivity index (χ0) is 13.4. The second-order valence-corrected chi connectivity index (χ2v) is 15.8. The van der Waals surface area contributed by atoms with Crippen LogP contribution in [-0.4, -0.2) is 31.8 Å². The van der Waals surface area contributed by atoms with Crippen molar-refractivity contribution in [2.24, 2.45) is 0 Å². The molecule has 1 heterocycles. The largest absolute Gasteiger partial charge is 0.478 e. The van der Waals surface area contributed by atoms with Crippen molar-refractivity contribution in [2.75, 3.05) is 0 Å². The summed E-state index contributed by atoms with van der Waals surface area (Å²) in [4.78, 5) is 11.3. The van der Waals surface area contributed by atoms with Crippen molar-refractivity contribution >= 4 is 22.4 Å². The highest BCUT2D eigenvalue weighted by Crippen LogP contribution is 2.40. The fourth-order valence-electron chi connectivity index (χ4n) is 3.26. The van der Waals surface area contributed by atoms with Crippen LogP contribution in [0, 0.1) is 0 Å². The summed E-state index contributed by atoms with van der Waals surface area (Å²) < 4.78 is 2.58. The lowest BCUT2D eigenvalue weighted by Gasteiger charge is -2.42. The third-order valence-electron chi connectivity index (χ3n) is 3.94. The highest BCUT2D eigenvalue weighted by molar-refractivity contribution is 6.95. The molecule has 0 aromatic heterocycles. The van der Waals surface area contributed by atoms with Crippen molar-refractivity contribution in [1.82, 2.24) is 4.23 Å². The Morgan fingerprint density at radius 2 is 1.59 bits per heavy atom. The van der Waals surface area contributed by atoms with Crippen LogP contribution < -0.4 is 0 Å². The van der Waals surface area contributed by atoms with Crippen LogP contribution in [0.3, 0.4) is 0 Å². The molecule has 0 amide bonds. The lowest BCUT2D eigenvalue weighted by Crippen LogP contribution is -2.53. The quantitative estimate of drug-likeness (QED) is 0.631. The molecule has 1 fully saturated rings. The van der Waals surface area contributed by atoms with Crippen molar-refractivity contribution in [1.29, 1.82) is 0 Å². The molecule has 1 saturated heterocycles. The van der Waals surface area contributed by atoms with Crippen LogP contribution in [0.2, 0.25) is 38.3 Å². The molecule has 0 radical (unpaired) electrons. The summed E-state index contributed by atoms with van der Waals surface area (Å²) in [6.45, 7) is 13.4. The van der Waals surface area contributed by atoms with Crippen LogP contribution in [0.4, 0.5) is 0 Å². The summed E-state index contributed by atoms with van der Waals surface area (Å²) in [5, 5.41) is 9.29. The Morgan fingerprint density at radius 3 is 1.88 bits per heavy atom. The molecule has 1 aliphatic heterocycles. The number of carboxylic acid groups (broad SMARTS) is 1. The molecule has 0 spiro atoms. The lowest BCUT2D eigenvalue weighted by molar-refractivity contribution is -0.132. The Bertz CT molecular complexity index is 346. The second-order valence-electron chi connectivity index (χ2n) is 6.18. The topological polar surface area (TPSA) is 40.5 Å². The first-order chi connectivity index (χ1) is 7.63. The Morgan fingerprint density at radius 1 is 1.18 bits per heavy atom. The summed E-state index contributed by atoms with van der Waals surface area (Å²) in [5.41, 5.74) is 1.65. The molecule has 1 N–H and O–H groups in total. The molecule has 0 aromatic rings. The van der Waals surface area contributed by atoms with Gasteiger partial charge in [-0.2, -0.15) is 0 Å². The lowest BCUT2D eigenvalue weighted by atomic mass is 10.2. The maximum atomic E-state index is 11.3. The summed E-state index contributed by atoms with van der Waals surface area (Å²) >= 11 is 0. The van der Waals surface area contributed by atoms with E-state index in [1.807, 2.05) is 13.8 Å². The first-order valence-corrected chi connectivity index (χ1v) is 12.7. The molecular formula is C12H25NO2Si2. The van der Waals surface area contributed by atoms with E-state index < -0.39 is 22.4 Å². The van der Waals surface area contributed by atoms with Crippen LogP contribution in [0.15, 0.2) is 11.3 Å². The first-order valence-electron chi connectivity index (χ1n) is 6.37. The minimum Gasteiger partial charge on any atom is -0.478 e. The second kappa shape index (κ2) is 4.61. The van der Waals surface area contributed by atoms with Gasteiger partial charge in [0.05, 0.1) is 5.57 Å². The Labute approximate surface area is 107 Å². The third kappa shape index (κ3) is 2.65. The number of nitrogens with zero attached hydrogens (tertiary/aromatic N) is 1. The minimum atomic E-state index is -1.42. The van der Waals surface area contributed by atoms with E-state index in [0.717, 1.165) is 5.70 Å². The molecule has 17 heavy (non-hydrogen) atoms. The number of aliphatic carboxylic acids is 1. The van der Waals surface area contributed by atoms with Crippen LogP contribution in [-0.2, 0) is 4.79 Å². The summed E-state index contributed by atoms with van der Waals surface area (Å²) in [6.07, 6.45) is 0.618. The predicted octanol–water partition coefficient (Wildman–Crippen LogP) is 3.48. The summed E-state index contributed by atoms with van der Waals surface area (Å²) in [6, 6.07) is 2.61. The SMILES string of the molecule is CC/C(C(=O)O)=C(\C)N1[Si](C)(C)CC[Si]1(C)C. The van der Waals surface area contributed by atoms with E-state index in [1.165, 1.54) is 12.1 Å². The van der Waals surface area contributed by atoms with Gasteiger partial charge in [0.25, 0.3) is 0 Å². The monoisotopic (exact) mass is 271 g/mol. The number of carbonyl (C=O) groups is 1. The van der Waals surface area contributed by atoms with Gasteiger partial charge in [-0.1, -0.05) is 33.1 Å². The van der Waals surface area contributed by atoms with E-state index in [0.29, 0.717) is 12.0 Å². The molecule has 0 bridgehead atoms. The smallest absolute Gasteiger partial charge is 0.333 e. The van der Waals surface area contributed by atoms with Crippen LogP contribution in [0.1, 0.15) is 20.3 Å². The Hall–Kier alpha value is -0.556. The van der Waals surface area contributed by atoms with E-state index in [1.54, 1.807) is 0 Å². The van der Waals surface area contributed by atoms with Gasteiger partial charge in [-0.05, 0) is 25.4 Å². The van der Waals surface area contributed by atoms with Gasteiger partial charge in [-0.3, -0.25) is 0 Å². The van der Waals surface area contributed by atoms with Gasteiger partial charge in [0.15, 0.2) is 0 Å². The normalized spacial score (nSPS) is 23.5. The van der Waals surface area contributed by atoms with E-state index in [2.05, 4.69) is 30.4 Å².